The van der Waals surface area contributed by atoms with Crippen molar-refractivity contribution in [1.82, 2.24) is 0 Å². The van der Waals surface area contributed by atoms with Gasteiger partial charge in [0.15, 0.2) is 0 Å². The van der Waals surface area contributed by atoms with Crippen LogP contribution in [0.3, 0.4) is 0 Å². The predicted molar refractivity (Wildman–Crippen MR) is 59.6 cm³/mol. The average molecular weight is 261 g/mol. The third-order valence-corrected chi connectivity index (χ3v) is 2.48. The van der Waals surface area contributed by atoms with E-state index in [0.29, 0.717) is 0 Å². The molecule has 0 aliphatic rings. The highest BCUT2D eigenvalue weighted by Gasteiger charge is 2.47. The molecule has 6 heteroatoms. The lowest BCUT2D eigenvalue weighted by atomic mass is 9.99. The monoisotopic (exact) mass is 261 g/mol. The second kappa shape index (κ2) is 5.39. The summed E-state index contributed by atoms with van der Waals surface area (Å²) in [5.41, 5.74) is 5.51. The van der Waals surface area contributed by atoms with Crippen LogP contribution in [0.1, 0.15) is 24.1 Å². The molecular weight excluding hydrogens is 247 g/mol. The Balaban J connectivity index is 3.01. The number of rotatable bonds is 4. The smallest absolute Gasteiger partial charge is 0.379 e. The van der Waals surface area contributed by atoms with E-state index < -0.39 is 23.8 Å². The molecule has 1 rings (SSSR count). The van der Waals surface area contributed by atoms with E-state index in [4.69, 9.17) is 5.73 Å². The standard InChI is InChI=1S/C12H14F3NO2/c1-3-18-11(17)12(14,15)10(16)8-4-5-9(13)7(2)6-8/h4-6,10H,3,16H2,1-2H3/t10-/m1/s1. The van der Waals surface area contributed by atoms with E-state index in [1.54, 1.807) is 0 Å². The Labute approximate surface area is 103 Å². The zero-order chi connectivity index (χ0) is 13.9. The molecule has 0 fully saturated rings. The molecule has 1 aromatic carbocycles. The zero-order valence-corrected chi connectivity index (χ0v) is 10.0. The summed E-state index contributed by atoms with van der Waals surface area (Å²) in [6.07, 6.45) is 0. The number of halogens is 3. The van der Waals surface area contributed by atoms with Crippen molar-refractivity contribution in [1.29, 1.82) is 0 Å². The summed E-state index contributed by atoms with van der Waals surface area (Å²) >= 11 is 0. The summed E-state index contributed by atoms with van der Waals surface area (Å²) in [6, 6.07) is 1.48. The third kappa shape index (κ3) is 2.81. The number of hydrogen-bond acceptors (Lipinski definition) is 3. The van der Waals surface area contributed by atoms with E-state index >= 15 is 0 Å². The number of nitrogens with two attached hydrogens (primary N) is 1. The lowest BCUT2D eigenvalue weighted by molar-refractivity contribution is -0.174. The van der Waals surface area contributed by atoms with Gasteiger partial charge in [-0.2, -0.15) is 8.78 Å². The van der Waals surface area contributed by atoms with Gasteiger partial charge in [-0.1, -0.05) is 12.1 Å². The predicted octanol–water partition coefficient (Wildman–Crippen LogP) is 2.33. The number of carbonyl (C=O) groups excluding carboxylic acids is 1. The van der Waals surface area contributed by atoms with Gasteiger partial charge in [0.1, 0.15) is 11.9 Å². The Hall–Kier alpha value is -1.56. The van der Waals surface area contributed by atoms with Crippen LogP contribution in [0.2, 0.25) is 0 Å². The molecule has 100 valence electrons. The number of ether oxygens (including phenoxy) is 1. The van der Waals surface area contributed by atoms with Crippen molar-refractivity contribution in [3.63, 3.8) is 0 Å². The minimum absolute atomic E-state index is 0.0213. The molecular formula is C12H14F3NO2. The molecule has 3 nitrogen and oxygen atoms in total. The van der Waals surface area contributed by atoms with E-state index in [9.17, 15) is 18.0 Å². The first-order valence-corrected chi connectivity index (χ1v) is 5.37. The maximum absolute atomic E-state index is 13.6. The summed E-state index contributed by atoms with van der Waals surface area (Å²) in [5.74, 6) is -6.05. The molecule has 0 bridgehead atoms. The van der Waals surface area contributed by atoms with Crippen molar-refractivity contribution in [2.24, 2.45) is 5.73 Å². The van der Waals surface area contributed by atoms with Crippen molar-refractivity contribution in [2.75, 3.05) is 6.61 Å². The van der Waals surface area contributed by atoms with Gasteiger partial charge in [-0.25, -0.2) is 9.18 Å². The molecule has 1 aromatic rings. The fourth-order valence-corrected chi connectivity index (χ4v) is 1.42. The highest BCUT2D eigenvalue weighted by Crippen LogP contribution is 2.31. The highest BCUT2D eigenvalue weighted by atomic mass is 19.3. The van der Waals surface area contributed by atoms with Crippen molar-refractivity contribution in [3.8, 4) is 0 Å². The van der Waals surface area contributed by atoms with Crippen LogP contribution in [0, 0.1) is 12.7 Å². The van der Waals surface area contributed by atoms with Crippen LogP contribution in [0.4, 0.5) is 13.2 Å². The third-order valence-electron chi connectivity index (χ3n) is 2.48. The fraction of sp³-hybridized carbons (Fsp3) is 0.417. The largest absolute Gasteiger partial charge is 0.462 e. The molecule has 1 atom stereocenters. The summed E-state index contributed by atoms with van der Waals surface area (Å²) in [6.45, 7) is 2.68. The van der Waals surface area contributed by atoms with Gasteiger partial charge >= 0.3 is 11.9 Å². The maximum atomic E-state index is 13.6. The zero-order valence-electron chi connectivity index (χ0n) is 10.0. The summed E-state index contributed by atoms with van der Waals surface area (Å²) in [5, 5.41) is 0. The van der Waals surface area contributed by atoms with Crippen LogP contribution in [0.25, 0.3) is 0 Å². The molecule has 0 saturated heterocycles. The van der Waals surface area contributed by atoms with Crippen LogP contribution in [0.5, 0.6) is 0 Å². The van der Waals surface area contributed by atoms with Crippen molar-refractivity contribution in [3.05, 3.63) is 35.1 Å². The first-order chi connectivity index (χ1) is 8.30. The molecule has 0 radical (unpaired) electrons. The summed E-state index contributed by atoms with van der Waals surface area (Å²) in [7, 11) is 0. The molecule has 0 amide bonds. The van der Waals surface area contributed by atoms with Crippen LogP contribution < -0.4 is 5.73 Å². The van der Waals surface area contributed by atoms with Crippen molar-refractivity contribution < 1.29 is 22.7 Å². The van der Waals surface area contributed by atoms with Crippen molar-refractivity contribution >= 4 is 5.97 Å². The van der Waals surface area contributed by atoms with Gasteiger partial charge < -0.3 is 10.5 Å². The van der Waals surface area contributed by atoms with Gasteiger partial charge in [0.25, 0.3) is 0 Å². The minimum Gasteiger partial charge on any atom is -0.462 e. The second-order valence-electron chi connectivity index (χ2n) is 3.83. The van der Waals surface area contributed by atoms with Crippen LogP contribution >= 0.6 is 0 Å². The first kappa shape index (κ1) is 14.5. The molecule has 2 N–H and O–H groups in total. The molecule has 0 aliphatic carbocycles. The van der Waals surface area contributed by atoms with Crippen LogP contribution in [-0.4, -0.2) is 18.5 Å². The van der Waals surface area contributed by atoms with Gasteiger partial charge in [0, 0.05) is 0 Å². The van der Waals surface area contributed by atoms with Gasteiger partial charge in [0.2, 0.25) is 0 Å². The summed E-state index contributed by atoms with van der Waals surface area (Å²) < 4.78 is 44.5. The highest BCUT2D eigenvalue weighted by molar-refractivity contribution is 5.78. The molecule has 0 aliphatic heterocycles. The van der Waals surface area contributed by atoms with E-state index in [2.05, 4.69) is 4.74 Å². The Bertz CT molecular complexity index is 449. The fourth-order valence-electron chi connectivity index (χ4n) is 1.42. The number of esters is 1. The van der Waals surface area contributed by atoms with E-state index in [1.165, 1.54) is 19.9 Å². The number of alkyl halides is 2. The Morgan fingerprint density at radius 2 is 2.11 bits per heavy atom. The minimum atomic E-state index is -3.85. The maximum Gasteiger partial charge on any atom is 0.379 e. The SMILES string of the molecule is CCOC(=O)C(F)(F)[C@H](N)c1ccc(F)c(C)c1. The summed E-state index contributed by atoms with van der Waals surface area (Å²) in [4.78, 5) is 11.1. The Morgan fingerprint density at radius 3 is 2.61 bits per heavy atom. The van der Waals surface area contributed by atoms with Gasteiger partial charge in [-0.15, -0.1) is 0 Å². The molecule has 0 spiro atoms. The molecule has 0 heterocycles. The quantitative estimate of drug-likeness (QED) is 0.846. The first-order valence-electron chi connectivity index (χ1n) is 5.37. The molecule has 0 saturated carbocycles. The van der Waals surface area contributed by atoms with Crippen molar-refractivity contribution in [2.45, 2.75) is 25.8 Å². The Kier molecular flexibility index (Phi) is 4.34. The number of carbonyl (C=O) groups is 1. The number of aryl methyl sites for hydroxylation is 1. The van der Waals surface area contributed by atoms with Crippen LogP contribution in [0.15, 0.2) is 18.2 Å². The lowest BCUT2D eigenvalue weighted by Crippen LogP contribution is -2.41. The normalized spacial score (nSPS) is 13.2. The molecule has 0 aromatic heterocycles. The van der Waals surface area contributed by atoms with Gasteiger partial charge in [-0.3, -0.25) is 0 Å². The van der Waals surface area contributed by atoms with Crippen LogP contribution in [-0.2, 0) is 9.53 Å². The second-order valence-corrected chi connectivity index (χ2v) is 3.83. The van der Waals surface area contributed by atoms with E-state index in [1.807, 2.05) is 0 Å². The number of hydrogen-bond donors (Lipinski definition) is 1. The number of benzene rings is 1. The van der Waals surface area contributed by atoms with E-state index in [-0.39, 0.29) is 17.7 Å². The van der Waals surface area contributed by atoms with Gasteiger partial charge in [-0.05, 0) is 31.0 Å². The van der Waals surface area contributed by atoms with E-state index in [0.717, 1.165) is 12.1 Å². The van der Waals surface area contributed by atoms with Gasteiger partial charge in [0.05, 0.1) is 6.61 Å². The molecule has 0 unspecified atom stereocenters. The Morgan fingerprint density at radius 1 is 1.50 bits per heavy atom. The lowest BCUT2D eigenvalue weighted by Gasteiger charge is -2.22. The molecule has 18 heavy (non-hydrogen) atoms. The topological polar surface area (TPSA) is 52.3 Å². The average Bonchev–Trinajstić information content (AvgIpc) is 2.32.